The maximum absolute atomic E-state index is 12.6. The molecular formula is C17H26N5O+. The predicted octanol–water partition coefficient (Wildman–Crippen LogP) is 0.764. The summed E-state index contributed by atoms with van der Waals surface area (Å²) in [5.74, 6) is 0.483. The lowest BCUT2D eigenvalue weighted by molar-refractivity contribution is -0.856. The van der Waals surface area contributed by atoms with E-state index in [0.717, 1.165) is 23.3 Å². The molecule has 0 unspecified atom stereocenters. The summed E-state index contributed by atoms with van der Waals surface area (Å²) in [6.45, 7) is 5.73. The van der Waals surface area contributed by atoms with Crippen molar-refractivity contribution in [2.45, 2.75) is 38.6 Å². The van der Waals surface area contributed by atoms with Crippen molar-refractivity contribution in [3.63, 3.8) is 0 Å². The molecule has 0 radical (unpaired) electrons. The Balaban J connectivity index is 1.96. The highest BCUT2D eigenvalue weighted by Crippen LogP contribution is 2.40. The molecule has 6 heteroatoms. The van der Waals surface area contributed by atoms with E-state index in [9.17, 15) is 4.79 Å². The smallest absolute Gasteiger partial charge is 0.252 e. The van der Waals surface area contributed by atoms with Crippen LogP contribution in [0.3, 0.4) is 0 Å². The van der Waals surface area contributed by atoms with E-state index >= 15 is 0 Å². The van der Waals surface area contributed by atoms with E-state index in [0.29, 0.717) is 18.0 Å². The molecule has 1 saturated carbocycles. The van der Waals surface area contributed by atoms with Gasteiger partial charge in [0.1, 0.15) is 0 Å². The molecule has 2 aromatic rings. The number of rotatable bonds is 6. The lowest BCUT2D eigenvalue weighted by atomic mass is 10.1. The maximum Gasteiger partial charge on any atom is 0.252 e. The van der Waals surface area contributed by atoms with Crippen molar-refractivity contribution in [2.24, 2.45) is 0 Å². The molecule has 23 heavy (non-hydrogen) atoms. The van der Waals surface area contributed by atoms with E-state index in [1.807, 2.05) is 10.7 Å². The number of aromatic nitrogens is 3. The highest BCUT2D eigenvalue weighted by Gasteiger charge is 2.28. The van der Waals surface area contributed by atoms with Crippen LogP contribution in [0, 0.1) is 0 Å². The Labute approximate surface area is 136 Å². The lowest BCUT2D eigenvalue weighted by Crippen LogP contribution is -3.06. The molecule has 2 aromatic heterocycles. The fraction of sp³-hybridized carbons (Fsp3) is 0.588. The molecule has 2 heterocycles. The first kappa shape index (κ1) is 15.9. The third-order valence-electron chi connectivity index (χ3n) is 4.23. The van der Waals surface area contributed by atoms with Crippen molar-refractivity contribution in [1.82, 2.24) is 20.1 Å². The SMILES string of the molecule is CC(C)n1ncc2c(C(=O)NCC[NH+](C)C)cc(C3CC3)nc21. The minimum absolute atomic E-state index is 0.0242. The Hall–Kier alpha value is -1.95. The predicted molar refractivity (Wildman–Crippen MR) is 89.9 cm³/mol. The maximum atomic E-state index is 12.6. The van der Waals surface area contributed by atoms with Crippen LogP contribution in [0.2, 0.25) is 0 Å². The van der Waals surface area contributed by atoms with Crippen LogP contribution in [-0.2, 0) is 0 Å². The van der Waals surface area contributed by atoms with Gasteiger partial charge < -0.3 is 10.2 Å². The summed E-state index contributed by atoms with van der Waals surface area (Å²) < 4.78 is 1.90. The normalized spacial score (nSPS) is 14.9. The molecule has 2 N–H and O–H groups in total. The first-order chi connectivity index (χ1) is 11.0. The second-order valence-corrected chi connectivity index (χ2v) is 7.00. The second-order valence-electron chi connectivity index (χ2n) is 7.00. The molecule has 0 saturated heterocycles. The largest absolute Gasteiger partial charge is 0.346 e. The first-order valence-electron chi connectivity index (χ1n) is 8.42. The van der Waals surface area contributed by atoms with Crippen LogP contribution in [0.15, 0.2) is 12.3 Å². The van der Waals surface area contributed by atoms with E-state index in [-0.39, 0.29) is 11.9 Å². The quantitative estimate of drug-likeness (QED) is 0.827. The number of nitrogens with zero attached hydrogens (tertiary/aromatic N) is 3. The number of nitrogens with one attached hydrogen (secondary N) is 2. The minimum Gasteiger partial charge on any atom is -0.346 e. The van der Waals surface area contributed by atoms with Crippen LogP contribution in [-0.4, -0.2) is 47.9 Å². The van der Waals surface area contributed by atoms with Gasteiger partial charge in [-0.05, 0) is 32.8 Å². The number of amides is 1. The molecule has 0 bridgehead atoms. The fourth-order valence-corrected chi connectivity index (χ4v) is 2.71. The average molecular weight is 316 g/mol. The summed E-state index contributed by atoms with van der Waals surface area (Å²) in [5, 5.41) is 8.31. The van der Waals surface area contributed by atoms with E-state index < -0.39 is 0 Å². The summed E-state index contributed by atoms with van der Waals surface area (Å²) in [5.41, 5.74) is 2.56. The van der Waals surface area contributed by atoms with Crippen molar-refractivity contribution in [3.05, 3.63) is 23.5 Å². The summed E-state index contributed by atoms with van der Waals surface area (Å²) >= 11 is 0. The Morgan fingerprint density at radius 2 is 2.17 bits per heavy atom. The third kappa shape index (κ3) is 3.37. The minimum atomic E-state index is -0.0242. The number of quaternary nitrogens is 1. The summed E-state index contributed by atoms with van der Waals surface area (Å²) in [4.78, 5) is 18.7. The standard InChI is InChI=1S/C17H25N5O/c1-11(2)22-16-14(10-19-22)13(9-15(20-16)12-5-6-12)17(23)18-7-8-21(3)4/h9-12H,5-8H2,1-4H3,(H,18,23)/p+1. The molecule has 0 spiro atoms. The van der Waals surface area contributed by atoms with Gasteiger partial charge in [0.15, 0.2) is 5.65 Å². The Bertz CT molecular complexity index is 715. The summed E-state index contributed by atoms with van der Waals surface area (Å²) in [7, 11) is 4.16. The number of pyridine rings is 1. The number of hydrogen-bond donors (Lipinski definition) is 2. The molecule has 3 rings (SSSR count). The van der Waals surface area contributed by atoms with Gasteiger partial charge in [0, 0.05) is 17.7 Å². The molecule has 6 nitrogen and oxygen atoms in total. The molecule has 1 aliphatic carbocycles. The van der Waals surface area contributed by atoms with Crippen molar-refractivity contribution in [1.29, 1.82) is 0 Å². The van der Waals surface area contributed by atoms with Crippen LogP contribution in [0.1, 0.15) is 54.7 Å². The number of fused-ring (bicyclic) bond motifs is 1. The van der Waals surface area contributed by atoms with Gasteiger partial charge in [-0.1, -0.05) is 0 Å². The topological polar surface area (TPSA) is 64.2 Å². The van der Waals surface area contributed by atoms with E-state index in [1.54, 1.807) is 6.20 Å². The van der Waals surface area contributed by atoms with Gasteiger partial charge in [-0.3, -0.25) is 4.79 Å². The third-order valence-corrected chi connectivity index (χ3v) is 4.23. The number of carbonyl (C=O) groups is 1. The van der Waals surface area contributed by atoms with Crippen LogP contribution in [0.4, 0.5) is 0 Å². The number of likely N-dealkylation sites (N-methyl/N-ethyl adjacent to an activating group) is 1. The Morgan fingerprint density at radius 1 is 1.43 bits per heavy atom. The molecule has 0 atom stereocenters. The van der Waals surface area contributed by atoms with Gasteiger partial charge in [0.2, 0.25) is 0 Å². The Morgan fingerprint density at radius 3 is 2.78 bits per heavy atom. The molecule has 1 amide bonds. The monoisotopic (exact) mass is 316 g/mol. The highest BCUT2D eigenvalue weighted by molar-refractivity contribution is 6.05. The van der Waals surface area contributed by atoms with Gasteiger partial charge in [0.05, 0.1) is 44.3 Å². The molecule has 124 valence electrons. The van der Waals surface area contributed by atoms with Crippen molar-refractivity contribution in [3.8, 4) is 0 Å². The zero-order valence-corrected chi connectivity index (χ0v) is 14.4. The zero-order chi connectivity index (χ0) is 16.6. The van der Waals surface area contributed by atoms with Gasteiger partial charge in [-0.25, -0.2) is 9.67 Å². The van der Waals surface area contributed by atoms with Crippen LogP contribution < -0.4 is 10.2 Å². The van der Waals surface area contributed by atoms with Crippen molar-refractivity contribution in [2.75, 3.05) is 27.2 Å². The van der Waals surface area contributed by atoms with Crippen molar-refractivity contribution >= 4 is 16.9 Å². The first-order valence-corrected chi connectivity index (χ1v) is 8.42. The number of carbonyl (C=O) groups excluding carboxylic acids is 1. The van der Waals surface area contributed by atoms with Crippen LogP contribution in [0.25, 0.3) is 11.0 Å². The second kappa shape index (κ2) is 6.28. The van der Waals surface area contributed by atoms with E-state index in [2.05, 4.69) is 38.4 Å². The summed E-state index contributed by atoms with van der Waals surface area (Å²) in [6.07, 6.45) is 4.10. The number of hydrogen-bond acceptors (Lipinski definition) is 3. The highest BCUT2D eigenvalue weighted by atomic mass is 16.1. The van der Waals surface area contributed by atoms with E-state index in [1.165, 1.54) is 17.7 Å². The molecule has 0 aromatic carbocycles. The lowest BCUT2D eigenvalue weighted by Gasteiger charge is -2.11. The van der Waals surface area contributed by atoms with E-state index in [4.69, 9.17) is 4.98 Å². The summed E-state index contributed by atoms with van der Waals surface area (Å²) in [6, 6.07) is 2.19. The van der Waals surface area contributed by atoms with Gasteiger partial charge >= 0.3 is 0 Å². The Kier molecular flexibility index (Phi) is 4.35. The molecule has 1 aliphatic rings. The van der Waals surface area contributed by atoms with Crippen molar-refractivity contribution < 1.29 is 9.69 Å². The van der Waals surface area contributed by atoms with Crippen LogP contribution in [0.5, 0.6) is 0 Å². The van der Waals surface area contributed by atoms with Crippen LogP contribution >= 0.6 is 0 Å². The molecule has 1 fully saturated rings. The van der Waals surface area contributed by atoms with Gasteiger partial charge in [-0.15, -0.1) is 0 Å². The molecule has 0 aliphatic heterocycles. The fourth-order valence-electron chi connectivity index (χ4n) is 2.71. The van der Waals surface area contributed by atoms with Gasteiger partial charge in [-0.2, -0.15) is 5.10 Å². The zero-order valence-electron chi connectivity index (χ0n) is 14.4. The average Bonchev–Trinajstić information content (AvgIpc) is 3.24. The van der Waals surface area contributed by atoms with Gasteiger partial charge in [0.25, 0.3) is 5.91 Å². The molecular weight excluding hydrogens is 290 g/mol.